The number of para-hydroxylation sites is 1. The summed E-state index contributed by atoms with van der Waals surface area (Å²) in [5.41, 5.74) is 3.45. The number of amides is 2. The third-order valence-corrected chi connectivity index (χ3v) is 6.55. The average molecular weight is 486 g/mol. The minimum Gasteiger partial charge on any atom is -0.494 e. The van der Waals surface area contributed by atoms with Gasteiger partial charge in [0.15, 0.2) is 0 Å². The summed E-state index contributed by atoms with van der Waals surface area (Å²) in [4.78, 5) is 28.2. The molecule has 36 heavy (non-hydrogen) atoms. The molecule has 1 aliphatic rings. The maximum absolute atomic E-state index is 13.0. The maximum Gasteiger partial charge on any atom is 0.253 e. The van der Waals surface area contributed by atoms with Crippen molar-refractivity contribution in [1.29, 1.82) is 0 Å². The third-order valence-electron chi connectivity index (χ3n) is 6.55. The molecular formula is C30H35N3O3. The summed E-state index contributed by atoms with van der Waals surface area (Å²) in [6.45, 7) is 5.75. The fourth-order valence-electron chi connectivity index (χ4n) is 4.60. The molecule has 0 atom stereocenters. The van der Waals surface area contributed by atoms with E-state index in [2.05, 4.69) is 27.7 Å². The zero-order valence-electron chi connectivity index (χ0n) is 20.9. The molecule has 2 amide bonds. The summed E-state index contributed by atoms with van der Waals surface area (Å²) in [6, 6.07) is 25.5. The van der Waals surface area contributed by atoms with Gasteiger partial charge in [0, 0.05) is 19.0 Å². The zero-order chi connectivity index (χ0) is 25.2. The van der Waals surface area contributed by atoms with E-state index in [1.54, 1.807) is 12.1 Å². The van der Waals surface area contributed by atoms with Crippen molar-refractivity contribution >= 4 is 17.5 Å². The average Bonchev–Trinajstić information content (AvgIpc) is 2.90. The van der Waals surface area contributed by atoms with Crippen LogP contribution in [-0.4, -0.2) is 43.0 Å². The number of rotatable bonds is 10. The highest BCUT2D eigenvalue weighted by Crippen LogP contribution is 2.23. The first-order valence-corrected chi connectivity index (χ1v) is 12.8. The van der Waals surface area contributed by atoms with Crippen molar-refractivity contribution in [2.24, 2.45) is 5.92 Å². The molecule has 0 aromatic heterocycles. The van der Waals surface area contributed by atoms with E-state index in [0.29, 0.717) is 24.4 Å². The number of carbonyl (C=O) groups is 2. The fourth-order valence-corrected chi connectivity index (χ4v) is 4.60. The first kappa shape index (κ1) is 25.5. The number of benzene rings is 3. The number of ether oxygens (including phenoxy) is 1. The van der Waals surface area contributed by atoms with Gasteiger partial charge in [-0.2, -0.15) is 0 Å². The van der Waals surface area contributed by atoms with E-state index >= 15 is 0 Å². The van der Waals surface area contributed by atoms with Gasteiger partial charge in [0.05, 0.1) is 17.9 Å². The first-order chi connectivity index (χ1) is 17.6. The number of nitrogens with one attached hydrogen (secondary N) is 2. The van der Waals surface area contributed by atoms with Crippen molar-refractivity contribution < 1.29 is 14.3 Å². The van der Waals surface area contributed by atoms with Gasteiger partial charge in [-0.05, 0) is 74.7 Å². The fraction of sp³-hybridized carbons (Fsp3) is 0.333. The zero-order valence-corrected chi connectivity index (χ0v) is 20.9. The minimum absolute atomic E-state index is 0.0162. The van der Waals surface area contributed by atoms with Crippen LogP contribution in [0.5, 0.6) is 5.75 Å². The number of carbonyl (C=O) groups excluding carboxylic acids is 2. The second-order valence-electron chi connectivity index (χ2n) is 9.16. The molecule has 0 radical (unpaired) electrons. The van der Waals surface area contributed by atoms with E-state index in [4.69, 9.17) is 4.74 Å². The lowest BCUT2D eigenvalue weighted by molar-refractivity contribution is -0.121. The van der Waals surface area contributed by atoms with E-state index in [0.717, 1.165) is 44.6 Å². The van der Waals surface area contributed by atoms with Gasteiger partial charge in [-0.25, -0.2) is 0 Å². The Kier molecular flexibility index (Phi) is 9.11. The van der Waals surface area contributed by atoms with Crippen molar-refractivity contribution in [1.82, 2.24) is 10.2 Å². The van der Waals surface area contributed by atoms with E-state index in [1.807, 2.05) is 61.5 Å². The molecule has 0 bridgehead atoms. The molecule has 0 aliphatic carbocycles. The molecular weight excluding hydrogens is 450 g/mol. The summed E-state index contributed by atoms with van der Waals surface area (Å²) in [5.74, 6) is 0.640. The molecule has 3 aromatic rings. The monoisotopic (exact) mass is 485 g/mol. The molecule has 2 N–H and O–H groups in total. The summed E-state index contributed by atoms with van der Waals surface area (Å²) in [7, 11) is 0. The van der Waals surface area contributed by atoms with Gasteiger partial charge < -0.3 is 15.4 Å². The summed E-state index contributed by atoms with van der Waals surface area (Å²) in [6.07, 6.45) is 2.35. The van der Waals surface area contributed by atoms with Gasteiger partial charge in [-0.15, -0.1) is 0 Å². The lowest BCUT2D eigenvalue weighted by atomic mass is 9.95. The van der Waals surface area contributed by atoms with E-state index in [1.165, 1.54) is 11.1 Å². The highest BCUT2D eigenvalue weighted by molar-refractivity contribution is 6.04. The lowest BCUT2D eigenvalue weighted by Crippen LogP contribution is -2.38. The van der Waals surface area contributed by atoms with Gasteiger partial charge in [-0.3, -0.25) is 14.5 Å². The van der Waals surface area contributed by atoms with Crippen LogP contribution in [0.3, 0.4) is 0 Å². The Morgan fingerprint density at radius 1 is 0.917 bits per heavy atom. The SMILES string of the molecule is CCOc1cccc(CN2CCC(C(=O)Nc3ccccc3C(=O)NCCc3ccccc3)CC2)c1. The number of piperidine rings is 1. The van der Waals surface area contributed by atoms with Crippen molar-refractivity contribution in [3.8, 4) is 5.75 Å². The molecule has 1 saturated heterocycles. The Labute approximate surface area is 213 Å². The molecule has 0 unspecified atom stereocenters. The number of hydrogen-bond acceptors (Lipinski definition) is 4. The third kappa shape index (κ3) is 7.18. The normalized spacial score (nSPS) is 14.2. The Hall–Kier alpha value is -3.64. The largest absolute Gasteiger partial charge is 0.494 e. The lowest BCUT2D eigenvalue weighted by Gasteiger charge is -2.31. The molecule has 1 fully saturated rings. The smallest absolute Gasteiger partial charge is 0.253 e. The topological polar surface area (TPSA) is 70.7 Å². The van der Waals surface area contributed by atoms with Crippen LogP contribution in [0.25, 0.3) is 0 Å². The van der Waals surface area contributed by atoms with Gasteiger partial charge in [0.25, 0.3) is 5.91 Å². The molecule has 1 heterocycles. The van der Waals surface area contributed by atoms with Crippen LogP contribution in [0.4, 0.5) is 5.69 Å². The summed E-state index contributed by atoms with van der Waals surface area (Å²) in [5, 5.41) is 6.00. The minimum atomic E-state index is -0.175. The highest BCUT2D eigenvalue weighted by atomic mass is 16.5. The van der Waals surface area contributed by atoms with Crippen molar-refractivity contribution in [2.75, 3.05) is 31.6 Å². The van der Waals surface area contributed by atoms with E-state index in [-0.39, 0.29) is 17.7 Å². The number of anilines is 1. The molecule has 0 spiro atoms. The van der Waals surface area contributed by atoms with Crippen LogP contribution in [0.2, 0.25) is 0 Å². The predicted octanol–water partition coefficient (Wildman–Crippen LogP) is 4.91. The molecule has 0 saturated carbocycles. The standard InChI is InChI=1S/C30H35N3O3/c1-2-36-26-12-8-11-24(21-26)22-33-19-16-25(17-20-33)29(34)32-28-14-7-6-13-27(28)30(35)31-18-15-23-9-4-3-5-10-23/h3-14,21,25H,2,15-20,22H2,1H3,(H,31,35)(H,32,34). The summed E-state index contributed by atoms with van der Waals surface area (Å²) >= 11 is 0. The predicted molar refractivity (Wildman–Crippen MR) is 143 cm³/mol. The molecule has 1 aliphatic heterocycles. The van der Waals surface area contributed by atoms with Gasteiger partial charge in [-0.1, -0.05) is 54.6 Å². The molecule has 3 aromatic carbocycles. The Balaban J connectivity index is 1.27. The number of likely N-dealkylation sites (tertiary alicyclic amines) is 1. The quantitative estimate of drug-likeness (QED) is 0.428. The van der Waals surface area contributed by atoms with Crippen LogP contribution in [0.15, 0.2) is 78.9 Å². The van der Waals surface area contributed by atoms with Crippen molar-refractivity contribution in [3.05, 3.63) is 95.6 Å². The van der Waals surface area contributed by atoms with Gasteiger partial charge in [0.2, 0.25) is 5.91 Å². The van der Waals surface area contributed by atoms with E-state index < -0.39 is 0 Å². The summed E-state index contributed by atoms with van der Waals surface area (Å²) < 4.78 is 5.61. The number of hydrogen-bond donors (Lipinski definition) is 2. The highest BCUT2D eigenvalue weighted by Gasteiger charge is 2.26. The van der Waals surface area contributed by atoms with E-state index in [9.17, 15) is 9.59 Å². The first-order valence-electron chi connectivity index (χ1n) is 12.8. The molecule has 4 rings (SSSR count). The Morgan fingerprint density at radius 3 is 2.42 bits per heavy atom. The van der Waals surface area contributed by atoms with Crippen LogP contribution in [-0.2, 0) is 17.8 Å². The number of nitrogens with zero attached hydrogens (tertiary/aromatic N) is 1. The second kappa shape index (κ2) is 12.9. The van der Waals surface area contributed by atoms with Crippen molar-refractivity contribution in [2.45, 2.75) is 32.7 Å². The Bertz CT molecular complexity index is 1140. The molecule has 188 valence electrons. The second-order valence-corrected chi connectivity index (χ2v) is 9.16. The van der Waals surface area contributed by atoms with Crippen LogP contribution in [0.1, 0.15) is 41.3 Å². The van der Waals surface area contributed by atoms with Crippen LogP contribution in [0, 0.1) is 5.92 Å². The maximum atomic E-state index is 13.0. The molecule has 6 nitrogen and oxygen atoms in total. The van der Waals surface area contributed by atoms with Gasteiger partial charge in [0.1, 0.15) is 5.75 Å². The molecule has 6 heteroatoms. The van der Waals surface area contributed by atoms with Crippen LogP contribution < -0.4 is 15.4 Å². The van der Waals surface area contributed by atoms with Gasteiger partial charge >= 0.3 is 0 Å². The van der Waals surface area contributed by atoms with Crippen molar-refractivity contribution in [3.63, 3.8) is 0 Å². The van der Waals surface area contributed by atoms with Crippen LogP contribution >= 0.6 is 0 Å². The Morgan fingerprint density at radius 2 is 1.64 bits per heavy atom.